The van der Waals surface area contributed by atoms with Crippen molar-refractivity contribution in [3.05, 3.63) is 59.4 Å². The highest BCUT2D eigenvalue weighted by Crippen LogP contribution is 2.32. The SMILES string of the molecule is O=C(CNC(=O)Cc1cccc(F)c1)NCc1ccc2c(c1)OCO2. The van der Waals surface area contributed by atoms with E-state index in [2.05, 4.69) is 10.6 Å². The van der Waals surface area contributed by atoms with Gasteiger partial charge in [0.25, 0.3) is 0 Å². The highest BCUT2D eigenvalue weighted by molar-refractivity contribution is 5.85. The summed E-state index contributed by atoms with van der Waals surface area (Å²) < 4.78 is 23.6. The number of fused-ring (bicyclic) bond motifs is 1. The molecule has 1 aliphatic heterocycles. The Balaban J connectivity index is 1.41. The normalized spacial score (nSPS) is 11.9. The molecule has 6 nitrogen and oxygen atoms in total. The molecule has 0 fully saturated rings. The van der Waals surface area contributed by atoms with Gasteiger partial charge < -0.3 is 20.1 Å². The molecular formula is C18H17FN2O4. The summed E-state index contributed by atoms with van der Waals surface area (Å²) in [5, 5.41) is 5.22. The number of ether oxygens (including phenoxy) is 2. The van der Waals surface area contributed by atoms with E-state index in [1.807, 2.05) is 6.07 Å². The minimum atomic E-state index is -0.397. The molecule has 1 heterocycles. The fraction of sp³-hybridized carbons (Fsp3) is 0.222. The van der Waals surface area contributed by atoms with Crippen LogP contribution in [0.1, 0.15) is 11.1 Å². The van der Waals surface area contributed by atoms with Gasteiger partial charge in [-0.15, -0.1) is 0 Å². The Kier molecular flexibility index (Phi) is 5.13. The Morgan fingerprint density at radius 1 is 0.960 bits per heavy atom. The topological polar surface area (TPSA) is 76.7 Å². The molecule has 130 valence electrons. The Labute approximate surface area is 143 Å². The van der Waals surface area contributed by atoms with E-state index in [9.17, 15) is 14.0 Å². The Hall–Kier alpha value is -3.09. The van der Waals surface area contributed by atoms with E-state index in [4.69, 9.17) is 9.47 Å². The van der Waals surface area contributed by atoms with Gasteiger partial charge in [0.2, 0.25) is 18.6 Å². The number of benzene rings is 2. The van der Waals surface area contributed by atoms with Crippen molar-refractivity contribution in [3.63, 3.8) is 0 Å². The smallest absolute Gasteiger partial charge is 0.239 e. The number of rotatable bonds is 6. The van der Waals surface area contributed by atoms with Crippen molar-refractivity contribution in [2.24, 2.45) is 0 Å². The quantitative estimate of drug-likeness (QED) is 0.833. The first kappa shape index (κ1) is 16.8. The lowest BCUT2D eigenvalue weighted by atomic mass is 10.1. The maximum absolute atomic E-state index is 13.1. The van der Waals surface area contributed by atoms with Crippen molar-refractivity contribution in [1.29, 1.82) is 0 Å². The predicted octanol–water partition coefficient (Wildman–Crippen LogP) is 1.53. The molecule has 0 spiro atoms. The number of halogens is 1. The van der Waals surface area contributed by atoms with E-state index in [-0.39, 0.29) is 31.6 Å². The summed E-state index contributed by atoms with van der Waals surface area (Å²) in [6, 6.07) is 11.2. The van der Waals surface area contributed by atoms with E-state index in [0.717, 1.165) is 5.56 Å². The number of amides is 2. The average molecular weight is 344 g/mol. The Morgan fingerprint density at radius 3 is 2.64 bits per heavy atom. The van der Waals surface area contributed by atoms with Crippen LogP contribution in [-0.2, 0) is 22.6 Å². The summed E-state index contributed by atoms with van der Waals surface area (Å²) in [4.78, 5) is 23.6. The van der Waals surface area contributed by atoms with Gasteiger partial charge in [-0.1, -0.05) is 18.2 Å². The predicted molar refractivity (Wildman–Crippen MR) is 87.5 cm³/mol. The molecule has 0 bridgehead atoms. The standard InChI is InChI=1S/C18H17FN2O4/c19-14-3-1-2-12(6-14)8-17(22)21-10-18(23)20-9-13-4-5-15-16(7-13)25-11-24-15/h1-7H,8-11H2,(H,20,23)(H,21,22). The molecule has 0 saturated heterocycles. The number of carbonyl (C=O) groups is 2. The summed E-state index contributed by atoms with van der Waals surface area (Å²) in [5.41, 5.74) is 1.42. The van der Waals surface area contributed by atoms with E-state index in [1.165, 1.54) is 18.2 Å². The van der Waals surface area contributed by atoms with Gasteiger partial charge in [-0.2, -0.15) is 0 Å². The first-order valence-corrected chi connectivity index (χ1v) is 7.76. The molecule has 2 amide bonds. The molecular weight excluding hydrogens is 327 g/mol. The fourth-order valence-electron chi connectivity index (χ4n) is 2.39. The largest absolute Gasteiger partial charge is 0.454 e. The van der Waals surface area contributed by atoms with Crippen LogP contribution in [0.5, 0.6) is 11.5 Å². The van der Waals surface area contributed by atoms with Crippen molar-refractivity contribution in [2.75, 3.05) is 13.3 Å². The maximum atomic E-state index is 13.1. The first-order valence-electron chi connectivity index (χ1n) is 7.76. The number of hydrogen-bond acceptors (Lipinski definition) is 4. The highest BCUT2D eigenvalue weighted by atomic mass is 19.1. The molecule has 0 radical (unpaired) electrons. The monoisotopic (exact) mass is 344 g/mol. The van der Waals surface area contributed by atoms with Gasteiger partial charge in [0.05, 0.1) is 13.0 Å². The molecule has 25 heavy (non-hydrogen) atoms. The summed E-state index contributed by atoms with van der Waals surface area (Å²) in [5.74, 6) is 0.274. The van der Waals surface area contributed by atoms with E-state index >= 15 is 0 Å². The van der Waals surface area contributed by atoms with Crippen LogP contribution in [0.4, 0.5) is 4.39 Å². The maximum Gasteiger partial charge on any atom is 0.239 e. The van der Waals surface area contributed by atoms with Crippen LogP contribution in [0.15, 0.2) is 42.5 Å². The van der Waals surface area contributed by atoms with Crippen LogP contribution in [0, 0.1) is 5.82 Å². The van der Waals surface area contributed by atoms with Crippen molar-refractivity contribution < 1.29 is 23.5 Å². The minimum absolute atomic E-state index is 0.0210. The van der Waals surface area contributed by atoms with Crippen LogP contribution in [-0.4, -0.2) is 25.2 Å². The second-order valence-electron chi connectivity index (χ2n) is 5.55. The second-order valence-corrected chi connectivity index (χ2v) is 5.55. The Bertz CT molecular complexity index is 794. The van der Waals surface area contributed by atoms with Crippen molar-refractivity contribution in [2.45, 2.75) is 13.0 Å². The van der Waals surface area contributed by atoms with Crippen molar-refractivity contribution in [3.8, 4) is 11.5 Å². The van der Waals surface area contributed by atoms with E-state index in [1.54, 1.807) is 18.2 Å². The van der Waals surface area contributed by atoms with Gasteiger partial charge in [-0.05, 0) is 35.4 Å². The second kappa shape index (κ2) is 7.65. The summed E-state index contributed by atoms with van der Waals surface area (Å²) in [6.07, 6.45) is 0.0210. The lowest BCUT2D eigenvalue weighted by molar-refractivity contribution is -0.125. The minimum Gasteiger partial charge on any atom is -0.454 e. The Morgan fingerprint density at radius 2 is 1.80 bits per heavy atom. The van der Waals surface area contributed by atoms with Crippen LogP contribution in [0.2, 0.25) is 0 Å². The van der Waals surface area contributed by atoms with E-state index < -0.39 is 5.82 Å². The zero-order valence-electron chi connectivity index (χ0n) is 13.4. The molecule has 2 N–H and O–H groups in total. The molecule has 1 aliphatic rings. The van der Waals surface area contributed by atoms with Crippen LogP contribution < -0.4 is 20.1 Å². The number of carbonyl (C=O) groups excluding carboxylic acids is 2. The molecule has 0 aliphatic carbocycles. The van der Waals surface area contributed by atoms with Gasteiger partial charge in [-0.25, -0.2) is 4.39 Å². The van der Waals surface area contributed by atoms with Gasteiger partial charge in [0.15, 0.2) is 11.5 Å². The third-order valence-corrected chi connectivity index (χ3v) is 3.63. The van der Waals surface area contributed by atoms with Gasteiger partial charge in [-0.3, -0.25) is 9.59 Å². The average Bonchev–Trinajstić information content (AvgIpc) is 3.06. The summed E-state index contributed by atoms with van der Waals surface area (Å²) in [7, 11) is 0. The third-order valence-electron chi connectivity index (χ3n) is 3.63. The number of hydrogen-bond donors (Lipinski definition) is 2. The van der Waals surface area contributed by atoms with Gasteiger partial charge in [0.1, 0.15) is 5.82 Å². The molecule has 7 heteroatoms. The van der Waals surface area contributed by atoms with Crippen molar-refractivity contribution in [1.82, 2.24) is 10.6 Å². The zero-order chi connectivity index (χ0) is 17.6. The van der Waals surface area contributed by atoms with Crippen LogP contribution >= 0.6 is 0 Å². The van der Waals surface area contributed by atoms with Crippen LogP contribution in [0.25, 0.3) is 0 Å². The molecule has 3 rings (SSSR count). The summed E-state index contributed by atoms with van der Waals surface area (Å²) >= 11 is 0. The lowest BCUT2D eigenvalue weighted by Gasteiger charge is -2.08. The molecule has 0 aromatic heterocycles. The number of nitrogens with one attached hydrogen (secondary N) is 2. The van der Waals surface area contributed by atoms with Crippen molar-refractivity contribution >= 4 is 11.8 Å². The first-order chi connectivity index (χ1) is 12.1. The fourth-order valence-corrected chi connectivity index (χ4v) is 2.39. The summed E-state index contributed by atoms with van der Waals surface area (Å²) in [6.45, 7) is 0.371. The molecule has 0 unspecified atom stereocenters. The highest BCUT2D eigenvalue weighted by Gasteiger charge is 2.13. The van der Waals surface area contributed by atoms with Crippen LogP contribution in [0.3, 0.4) is 0 Å². The van der Waals surface area contributed by atoms with E-state index in [0.29, 0.717) is 23.6 Å². The molecule has 0 saturated carbocycles. The van der Waals surface area contributed by atoms with Gasteiger partial charge in [0, 0.05) is 6.54 Å². The third kappa shape index (κ3) is 4.69. The lowest BCUT2D eigenvalue weighted by Crippen LogP contribution is -2.37. The zero-order valence-corrected chi connectivity index (χ0v) is 13.4. The molecule has 2 aromatic rings. The molecule has 2 aromatic carbocycles. The molecule has 0 atom stereocenters. The van der Waals surface area contributed by atoms with Gasteiger partial charge >= 0.3 is 0 Å².